The summed E-state index contributed by atoms with van der Waals surface area (Å²) in [5.74, 6) is 0.191. The molecule has 0 atom stereocenters. The summed E-state index contributed by atoms with van der Waals surface area (Å²) in [6.45, 7) is 0. The Morgan fingerprint density at radius 2 is 1.82 bits per heavy atom. The lowest BCUT2D eigenvalue weighted by Crippen LogP contribution is -2.05. The van der Waals surface area contributed by atoms with Crippen molar-refractivity contribution < 1.29 is 13.2 Å². The van der Waals surface area contributed by atoms with Crippen molar-refractivity contribution in [1.82, 2.24) is 19.5 Å². The van der Waals surface area contributed by atoms with E-state index in [4.69, 9.17) is 5.73 Å². The first-order chi connectivity index (χ1) is 7.88. The number of halogens is 3. The number of anilines is 1. The Balaban J connectivity index is 2.46. The molecule has 0 radical (unpaired) electrons. The first-order valence-corrected chi connectivity index (χ1v) is 4.56. The molecule has 5 nitrogen and oxygen atoms in total. The van der Waals surface area contributed by atoms with Gasteiger partial charge >= 0.3 is 6.18 Å². The van der Waals surface area contributed by atoms with Crippen molar-refractivity contribution in [2.45, 2.75) is 6.18 Å². The minimum atomic E-state index is -4.47. The van der Waals surface area contributed by atoms with Crippen molar-refractivity contribution in [3.63, 3.8) is 0 Å². The van der Waals surface area contributed by atoms with Crippen molar-refractivity contribution in [2.24, 2.45) is 7.05 Å². The zero-order valence-corrected chi connectivity index (χ0v) is 8.73. The molecule has 0 spiro atoms. The smallest absolute Gasteiger partial charge is 0.368 e. The summed E-state index contributed by atoms with van der Waals surface area (Å²) in [6, 6.07) is 0. The van der Waals surface area contributed by atoms with Crippen LogP contribution in [-0.4, -0.2) is 19.5 Å². The SMILES string of the molecule is Cn1cc(C(F)(F)F)nc1-c1cnc(N)nc1. The molecule has 90 valence electrons. The Hall–Kier alpha value is -2.12. The van der Waals surface area contributed by atoms with Gasteiger partial charge in [0, 0.05) is 25.6 Å². The molecule has 0 aromatic carbocycles. The number of alkyl halides is 3. The number of aryl methyl sites for hydroxylation is 1. The van der Waals surface area contributed by atoms with Crippen LogP contribution in [0.15, 0.2) is 18.6 Å². The second-order valence-electron chi connectivity index (χ2n) is 3.39. The van der Waals surface area contributed by atoms with Gasteiger partial charge in [-0.05, 0) is 0 Å². The third kappa shape index (κ3) is 2.19. The maximum atomic E-state index is 12.4. The highest BCUT2D eigenvalue weighted by atomic mass is 19.4. The van der Waals surface area contributed by atoms with Gasteiger partial charge in [0.25, 0.3) is 0 Å². The molecule has 2 rings (SSSR count). The Labute approximate surface area is 94.1 Å². The zero-order valence-electron chi connectivity index (χ0n) is 8.73. The maximum absolute atomic E-state index is 12.4. The molecule has 2 aromatic heterocycles. The average molecular weight is 243 g/mol. The number of nitrogens with two attached hydrogens (primary N) is 1. The number of nitrogen functional groups attached to an aromatic ring is 1. The summed E-state index contributed by atoms with van der Waals surface area (Å²) < 4.78 is 38.6. The minimum Gasteiger partial charge on any atom is -0.368 e. The van der Waals surface area contributed by atoms with Crippen molar-refractivity contribution in [3.8, 4) is 11.4 Å². The number of hydrogen-bond acceptors (Lipinski definition) is 4. The Morgan fingerprint density at radius 1 is 1.24 bits per heavy atom. The van der Waals surface area contributed by atoms with Crippen molar-refractivity contribution in [2.75, 3.05) is 5.73 Å². The number of aromatic nitrogens is 4. The van der Waals surface area contributed by atoms with Crippen LogP contribution < -0.4 is 5.73 Å². The standard InChI is InChI=1S/C9H8F3N5/c1-17-4-6(9(10,11)12)16-7(17)5-2-14-8(13)15-3-5/h2-4H,1H3,(H2,13,14,15). The Morgan fingerprint density at radius 3 is 2.29 bits per heavy atom. The fourth-order valence-electron chi connectivity index (χ4n) is 1.32. The van der Waals surface area contributed by atoms with E-state index in [9.17, 15) is 13.2 Å². The topological polar surface area (TPSA) is 69.6 Å². The van der Waals surface area contributed by atoms with Crippen molar-refractivity contribution in [1.29, 1.82) is 0 Å². The average Bonchev–Trinajstić information content (AvgIpc) is 2.61. The number of hydrogen-bond donors (Lipinski definition) is 1. The van der Waals surface area contributed by atoms with E-state index in [1.807, 2.05) is 0 Å². The predicted octanol–water partition coefficient (Wildman–Crippen LogP) is 1.48. The molecule has 0 amide bonds. The van der Waals surface area contributed by atoms with Crippen LogP contribution in [0.3, 0.4) is 0 Å². The summed E-state index contributed by atoms with van der Waals surface area (Å²) in [5.41, 5.74) is 4.71. The lowest BCUT2D eigenvalue weighted by molar-refractivity contribution is -0.140. The predicted molar refractivity (Wildman–Crippen MR) is 53.6 cm³/mol. The molecule has 0 aliphatic heterocycles. The van der Waals surface area contributed by atoms with Crippen LogP contribution in [0, 0.1) is 0 Å². The molecule has 2 aromatic rings. The van der Waals surface area contributed by atoms with Gasteiger partial charge in [0.2, 0.25) is 5.95 Å². The largest absolute Gasteiger partial charge is 0.434 e. The number of rotatable bonds is 1. The maximum Gasteiger partial charge on any atom is 0.434 e. The van der Waals surface area contributed by atoms with E-state index in [1.165, 1.54) is 24.0 Å². The summed E-state index contributed by atoms with van der Waals surface area (Å²) in [4.78, 5) is 10.9. The normalized spacial score (nSPS) is 11.8. The van der Waals surface area contributed by atoms with Crippen LogP contribution in [0.4, 0.5) is 19.1 Å². The van der Waals surface area contributed by atoms with Crippen molar-refractivity contribution >= 4 is 5.95 Å². The van der Waals surface area contributed by atoms with Gasteiger partial charge in [0.1, 0.15) is 5.82 Å². The summed E-state index contributed by atoms with van der Waals surface area (Å²) in [7, 11) is 1.47. The van der Waals surface area contributed by atoms with Gasteiger partial charge in [-0.25, -0.2) is 15.0 Å². The molecule has 0 bridgehead atoms. The second-order valence-corrected chi connectivity index (χ2v) is 3.39. The molecule has 0 unspecified atom stereocenters. The molecule has 0 saturated carbocycles. The molecule has 8 heteroatoms. The third-order valence-corrected chi connectivity index (χ3v) is 2.10. The van der Waals surface area contributed by atoms with E-state index in [0.717, 1.165) is 6.20 Å². The Kier molecular flexibility index (Phi) is 2.49. The highest BCUT2D eigenvalue weighted by Gasteiger charge is 2.34. The fourth-order valence-corrected chi connectivity index (χ4v) is 1.32. The second kappa shape index (κ2) is 3.72. The quantitative estimate of drug-likeness (QED) is 0.823. The third-order valence-electron chi connectivity index (χ3n) is 2.10. The van der Waals surface area contributed by atoms with Crippen LogP contribution in [-0.2, 0) is 13.2 Å². The molecule has 0 fully saturated rings. The van der Waals surface area contributed by atoms with Gasteiger partial charge in [-0.15, -0.1) is 0 Å². The van der Waals surface area contributed by atoms with Crippen LogP contribution in [0.25, 0.3) is 11.4 Å². The number of imidazole rings is 1. The molecular weight excluding hydrogens is 235 g/mol. The molecule has 17 heavy (non-hydrogen) atoms. The van der Waals surface area contributed by atoms with Crippen LogP contribution in [0.2, 0.25) is 0 Å². The first-order valence-electron chi connectivity index (χ1n) is 4.56. The van der Waals surface area contributed by atoms with Crippen LogP contribution >= 0.6 is 0 Å². The van der Waals surface area contributed by atoms with Gasteiger partial charge in [0.05, 0.1) is 5.56 Å². The minimum absolute atomic E-state index is 0.0546. The Bertz CT molecular complexity index is 529. The molecular formula is C9H8F3N5. The fraction of sp³-hybridized carbons (Fsp3) is 0.222. The molecule has 0 saturated heterocycles. The monoisotopic (exact) mass is 243 g/mol. The van der Waals surface area contributed by atoms with E-state index >= 15 is 0 Å². The number of nitrogens with zero attached hydrogens (tertiary/aromatic N) is 4. The van der Waals surface area contributed by atoms with E-state index in [2.05, 4.69) is 15.0 Å². The van der Waals surface area contributed by atoms with Crippen LogP contribution in [0.1, 0.15) is 5.69 Å². The van der Waals surface area contributed by atoms with Gasteiger partial charge in [0.15, 0.2) is 5.69 Å². The highest BCUT2D eigenvalue weighted by molar-refractivity contribution is 5.54. The van der Waals surface area contributed by atoms with Gasteiger partial charge in [-0.3, -0.25) is 0 Å². The van der Waals surface area contributed by atoms with E-state index in [0.29, 0.717) is 5.56 Å². The summed E-state index contributed by atoms with van der Waals surface area (Å²) >= 11 is 0. The van der Waals surface area contributed by atoms with Gasteiger partial charge < -0.3 is 10.3 Å². The molecule has 2 heterocycles. The molecule has 0 aliphatic rings. The lowest BCUT2D eigenvalue weighted by atomic mass is 10.3. The van der Waals surface area contributed by atoms with Gasteiger partial charge in [-0.2, -0.15) is 13.2 Å². The van der Waals surface area contributed by atoms with E-state index in [-0.39, 0.29) is 11.8 Å². The highest BCUT2D eigenvalue weighted by Crippen LogP contribution is 2.30. The van der Waals surface area contributed by atoms with E-state index in [1.54, 1.807) is 0 Å². The summed E-state index contributed by atoms with van der Waals surface area (Å²) in [5, 5.41) is 0. The molecule has 0 aliphatic carbocycles. The zero-order chi connectivity index (χ0) is 12.6. The van der Waals surface area contributed by atoms with Crippen molar-refractivity contribution in [3.05, 3.63) is 24.3 Å². The van der Waals surface area contributed by atoms with Crippen LogP contribution in [0.5, 0.6) is 0 Å². The van der Waals surface area contributed by atoms with Gasteiger partial charge in [-0.1, -0.05) is 0 Å². The lowest BCUT2D eigenvalue weighted by Gasteiger charge is -2.00. The molecule has 2 N–H and O–H groups in total. The van der Waals surface area contributed by atoms with E-state index < -0.39 is 11.9 Å². The first kappa shape index (κ1) is 11.4. The summed E-state index contributed by atoms with van der Waals surface area (Å²) in [6.07, 6.45) is -0.911.